The van der Waals surface area contributed by atoms with Crippen molar-refractivity contribution in [1.82, 2.24) is 14.5 Å². The third-order valence-electron chi connectivity index (χ3n) is 6.32. The molecule has 5 rings (SSSR count). The Kier molecular flexibility index (Phi) is 4.82. The van der Waals surface area contributed by atoms with Crippen molar-refractivity contribution >= 4 is 43.9 Å². The standard InChI is InChI=1S/C22H23ClN4O3S/c1-31(29,30)9-3-2-8-26-16(10-15-11-20(23)25-13-18(15)26)14-27-19-12-24-7-4-17(19)22(5-6-22)21(27)28/h4,7,10-13H,2-3,5-6,8-9,14H2,1H3. The smallest absolute Gasteiger partial charge is 0.238 e. The van der Waals surface area contributed by atoms with E-state index < -0.39 is 9.84 Å². The van der Waals surface area contributed by atoms with Crippen molar-refractivity contribution < 1.29 is 13.2 Å². The fourth-order valence-corrected chi connectivity index (χ4v) is 5.53. The van der Waals surface area contributed by atoms with Gasteiger partial charge < -0.3 is 9.47 Å². The van der Waals surface area contributed by atoms with Crippen molar-refractivity contribution in [2.75, 3.05) is 16.9 Å². The molecule has 0 atom stereocenters. The Bertz CT molecular complexity index is 1300. The van der Waals surface area contributed by atoms with E-state index in [2.05, 4.69) is 14.5 Å². The average Bonchev–Trinajstić information content (AvgIpc) is 3.41. The van der Waals surface area contributed by atoms with Crippen LogP contribution in [0, 0.1) is 0 Å². The molecule has 7 nitrogen and oxygen atoms in total. The third-order valence-corrected chi connectivity index (χ3v) is 7.56. The molecule has 0 saturated heterocycles. The molecule has 1 aliphatic carbocycles. The molecule has 1 amide bonds. The average molecular weight is 459 g/mol. The number of carbonyl (C=O) groups excluding carboxylic acids is 1. The first-order valence-corrected chi connectivity index (χ1v) is 12.8. The molecule has 1 saturated carbocycles. The van der Waals surface area contributed by atoms with Crippen LogP contribution >= 0.6 is 11.6 Å². The number of rotatable bonds is 7. The zero-order chi connectivity index (χ0) is 21.8. The molecule has 162 valence electrons. The number of unbranched alkanes of at least 4 members (excludes halogenated alkanes) is 1. The molecule has 0 bridgehead atoms. The minimum Gasteiger partial charge on any atom is -0.342 e. The lowest BCUT2D eigenvalue weighted by atomic mass is 9.99. The molecule has 1 fully saturated rings. The Morgan fingerprint density at radius 3 is 2.74 bits per heavy atom. The molecular weight excluding hydrogens is 436 g/mol. The Hall–Kier alpha value is -2.45. The van der Waals surface area contributed by atoms with Gasteiger partial charge >= 0.3 is 0 Å². The number of anilines is 1. The molecule has 31 heavy (non-hydrogen) atoms. The van der Waals surface area contributed by atoms with Gasteiger partial charge in [-0.25, -0.2) is 13.4 Å². The van der Waals surface area contributed by atoms with Crippen molar-refractivity contribution in [3.63, 3.8) is 0 Å². The zero-order valence-electron chi connectivity index (χ0n) is 17.2. The van der Waals surface area contributed by atoms with E-state index in [1.165, 1.54) is 6.26 Å². The highest BCUT2D eigenvalue weighted by atomic mass is 35.5. The van der Waals surface area contributed by atoms with Crippen LogP contribution in [-0.4, -0.2) is 40.9 Å². The minimum absolute atomic E-state index is 0.139. The highest BCUT2D eigenvalue weighted by Gasteiger charge is 2.59. The summed E-state index contributed by atoms with van der Waals surface area (Å²) in [6.45, 7) is 1.07. The Labute approximate surface area is 186 Å². The van der Waals surface area contributed by atoms with Crippen molar-refractivity contribution in [3.8, 4) is 0 Å². The predicted molar refractivity (Wildman–Crippen MR) is 120 cm³/mol. The van der Waals surface area contributed by atoms with Gasteiger partial charge in [0.25, 0.3) is 0 Å². The van der Waals surface area contributed by atoms with Gasteiger partial charge in [-0.05, 0) is 49.4 Å². The van der Waals surface area contributed by atoms with Crippen LogP contribution in [0.1, 0.15) is 36.9 Å². The van der Waals surface area contributed by atoms with Crippen LogP contribution in [-0.2, 0) is 33.1 Å². The Balaban J connectivity index is 1.47. The van der Waals surface area contributed by atoms with E-state index in [1.807, 2.05) is 23.1 Å². The maximum atomic E-state index is 13.3. The molecule has 4 heterocycles. The monoisotopic (exact) mass is 458 g/mol. The van der Waals surface area contributed by atoms with Gasteiger partial charge in [-0.2, -0.15) is 0 Å². The Morgan fingerprint density at radius 1 is 1.19 bits per heavy atom. The SMILES string of the molecule is CS(=O)(=O)CCCCn1c(CN2C(=O)C3(CC3)c3ccncc32)cc2cc(Cl)ncc21. The van der Waals surface area contributed by atoms with Gasteiger partial charge in [0.15, 0.2) is 0 Å². The number of hydrogen-bond acceptors (Lipinski definition) is 5. The second kappa shape index (κ2) is 7.31. The Morgan fingerprint density at radius 2 is 2.00 bits per heavy atom. The molecular formula is C22H23ClN4O3S. The summed E-state index contributed by atoms with van der Waals surface area (Å²) in [5, 5.41) is 1.37. The molecule has 1 aliphatic heterocycles. The molecule has 0 N–H and O–H groups in total. The van der Waals surface area contributed by atoms with Crippen molar-refractivity contribution in [2.24, 2.45) is 0 Å². The first-order valence-electron chi connectivity index (χ1n) is 10.4. The van der Waals surface area contributed by atoms with Crippen LogP contribution in [0.4, 0.5) is 5.69 Å². The molecule has 2 aliphatic rings. The van der Waals surface area contributed by atoms with E-state index in [1.54, 1.807) is 18.6 Å². The van der Waals surface area contributed by atoms with Crippen LogP contribution in [0.5, 0.6) is 0 Å². The van der Waals surface area contributed by atoms with E-state index in [-0.39, 0.29) is 17.1 Å². The number of pyridine rings is 2. The first-order chi connectivity index (χ1) is 14.8. The summed E-state index contributed by atoms with van der Waals surface area (Å²) >= 11 is 6.10. The van der Waals surface area contributed by atoms with Crippen molar-refractivity contribution in [1.29, 1.82) is 0 Å². The van der Waals surface area contributed by atoms with Crippen LogP contribution in [0.15, 0.2) is 36.8 Å². The number of aryl methyl sites for hydroxylation is 1. The summed E-state index contributed by atoms with van der Waals surface area (Å²) in [6.07, 6.45) is 9.58. The third kappa shape index (κ3) is 3.61. The summed E-state index contributed by atoms with van der Waals surface area (Å²) in [5.74, 6) is 0.304. The highest BCUT2D eigenvalue weighted by molar-refractivity contribution is 7.90. The normalized spacial score (nSPS) is 17.0. The minimum atomic E-state index is -2.99. The molecule has 0 aromatic carbocycles. The van der Waals surface area contributed by atoms with Gasteiger partial charge in [0, 0.05) is 35.8 Å². The fraction of sp³-hybridized carbons (Fsp3) is 0.409. The maximum absolute atomic E-state index is 13.3. The second-order valence-corrected chi connectivity index (χ2v) is 11.2. The van der Waals surface area contributed by atoms with Crippen LogP contribution in [0.2, 0.25) is 5.15 Å². The van der Waals surface area contributed by atoms with Crippen LogP contribution < -0.4 is 4.90 Å². The molecule has 3 aromatic rings. The molecule has 0 radical (unpaired) electrons. The highest BCUT2D eigenvalue weighted by Crippen LogP contribution is 2.57. The van der Waals surface area contributed by atoms with Gasteiger partial charge in [-0.3, -0.25) is 9.78 Å². The number of aromatic nitrogens is 3. The van der Waals surface area contributed by atoms with E-state index in [9.17, 15) is 13.2 Å². The second-order valence-electron chi connectivity index (χ2n) is 8.56. The molecule has 1 spiro atoms. The van der Waals surface area contributed by atoms with Crippen LogP contribution in [0.3, 0.4) is 0 Å². The lowest BCUT2D eigenvalue weighted by Crippen LogP contribution is -2.32. The number of nitrogens with zero attached hydrogens (tertiary/aromatic N) is 4. The van der Waals surface area contributed by atoms with Crippen LogP contribution in [0.25, 0.3) is 10.9 Å². The van der Waals surface area contributed by atoms with E-state index >= 15 is 0 Å². The van der Waals surface area contributed by atoms with Gasteiger partial charge in [-0.15, -0.1) is 0 Å². The number of fused-ring (bicyclic) bond motifs is 3. The van der Waals surface area contributed by atoms with Crippen molar-refractivity contribution in [3.05, 3.63) is 53.2 Å². The lowest BCUT2D eigenvalue weighted by molar-refractivity contribution is -0.120. The summed E-state index contributed by atoms with van der Waals surface area (Å²) in [4.78, 5) is 23.6. The van der Waals surface area contributed by atoms with Gasteiger partial charge in [0.05, 0.1) is 35.6 Å². The van der Waals surface area contributed by atoms with E-state index in [4.69, 9.17) is 11.6 Å². The lowest BCUT2D eigenvalue weighted by Gasteiger charge is -2.19. The fourth-order valence-electron chi connectivity index (χ4n) is 4.64. The first kappa shape index (κ1) is 20.5. The summed E-state index contributed by atoms with van der Waals surface area (Å²) in [6, 6.07) is 5.82. The summed E-state index contributed by atoms with van der Waals surface area (Å²) in [5.41, 5.74) is 3.50. The number of hydrogen-bond donors (Lipinski definition) is 0. The quantitative estimate of drug-likeness (QED) is 0.399. The van der Waals surface area contributed by atoms with E-state index in [0.717, 1.165) is 40.7 Å². The number of halogens is 1. The molecule has 9 heteroatoms. The van der Waals surface area contributed by atoms with Gasteiger partial charge in [-0.1, -0.05) is 11.6 Å². The molecule has 3 aromatic heterocycles. The largest absolute Gasteiger partial charge is 0.342 e. The number of carbonyl (C=O) groups is 1. The summed E-state index contributed by atoms with van der Waals surface area (Å²) < 4.78 is 25.1. The number of sulfone groups is 1. The topological polar surface area (TPSA) is 85.2 Å². The molecule has 0 unspecified atom stereocenters. The predicted octanol–water partition coefficient (Wildman–Crippen LogP) is 3.49. The van der Waals surface area contributed by atoms with E-state index in [0.29, 0.717) is 31.1 Å². The summed E-state index contributed by atoms with van der Waals surface area (Å²) in [7, 11) is -2.99. The maximum Gasteiger partial charge on any atom is 0.238 e. The van der Waals surface area contributed by atoms with Gasteiger partial charge in [0.1, 0.15) is 15.0 Å². The number of amides is 1. The van der Waals surface area contributed by atoms with Crippen molar-refractivity contribution in [2.45, 2.75) is 44.2 Å². The van der Waals surface area contributed by atoms with Gasteiger partial charge in [0.2, 0.25) is 5.91 Å². The zero-order valence-corrected chi connectivity index (χ0v) is 18.8.